The lowest BCUT2D eigenvalue weighted by Gasteiger charge is -2.21. The maximum absolute atomic E-state index is 13.3. The SMILES string of the molecule is CCn1ncc2c3c(C(C)Nc4ccc(Cl)nc4-c4ccnn4C)cc(C)cc3c(=O)n(C)c21. The van der Waals surface area contributed by atoms with E-state index in [1.54, 1.807) is 28.6 Å². The van der Waals surface area contributed by atoms with E-state index in [0.717, 1.165) is 44.6 Å². The number of anilines is 1. The average Bonchev–Trinajstić information content (AvgIpc) is 3.44. The van der Waals surface area contributed by atoms with Gasteiger partial charge in [0.25, 0.3) is 5.56 Å². The minimum absolute atomic E-state index is 0.0291. The fourth-order valence-electron chi connectivity index (χ4n) is 4.71. The van der Waals surface area contributed by atoms with Gasteiger partial charge < -0.3 is 5.32 Å². The van der Waals surface area contributed by atoms with Crippen molar-refractivity contribution in [3.63, 3.8) is 0 Å². The molecule has 174 valence electrons. The number of fused-ring (bicyclic) bond motifs is 3. The molecule has 1 aromatic carbocycles. The Morgan fingerprint density at radius 1 is 1.12 bits per heavy atom. The maximum Gasteiger partial charge on any atom is 0.259 e. The minimum atomic E-state index is -0.127. The molecule has 0 amide bonds. The Labute approximate surface area is 201 Å². The smallest absolute Gasteiger partial charge is 0.259 e. The number of hydrogen-bond donors (Lipinski definition) is 1. The van der Waals surface area contributed by atoms with E-state index in [1.807, 2.05) is 50.0 Å². The first-order valence-corrected chi connectivity index (χ1v) is 11.6. The largest absolute Gasteiger partial charge is 0.377 e. The third-order valence-electron chi connectivity index (χ3n) is 6.31. The van der Waals surface area contributed by atoms with Crippen LogP contribution in [0.1, 0.15) is 31.0 Å². The highest BCUT2D eigenvalue weighted by Gasteiger charge is 2.21. The third-order valence-corrected chi connectivity index (χ3v) is 6.52. The van der Waals surface area contributed by atoms with Crippen LogP contribution in [0.2, 0.25) is 5.15 Å². The van der Waals surface area contributed by atoms with Gasteiger partial charge in [-0.05, 0) is 56.2 Å². The molecular formula is C25H26ClN7O. The van der Waals surface area contributed by atoms with E-state index < -0.39 is 0 Å². The highest BCUT2D eigenvalue weighted by atomic mass is 35.5. The second-order valence-electron chi connectivity index (χ2n) is 8.57. The summed E-state index contributed by atoms with van der Waals surface area (Å²) in [5, 5.41) is 15.4. The van der Waals surface area contributed by atoms with Crippen LogP contribution in [0, 0.1) is 6.92 Å². The van der Waals surface area contributed by atoms with Crippen molar-refractivity contribution in [2.75, 3.05) is 5.32 Å². The first-order valence-electron chi connectivity index (χ1n) is 11.2. The molecule has 0 aliphatic carbocycles. The zero-order chi connectivity index (χ0) is 24.1. The van der Waals surface area contributed by atoms with Crippen molar-refractivity contribution in [2.45, 2.75) is 33.4 Å². The molecule has 5 rings (SSSR count). The molecule has 34 heavy (non-hydrogen) atoms. The van der Waals surface area contributed by atoms with Crippen molar-refractivity contribution in [2.24, 2.45) is 14.1 Å². The molecule has 0 spiro atoms. The number of pyridine rings is 2. The van der Waals surface area contributed by atoms with Gasteiger partial charge in [-0.1, -0.05) is 17.7 Å². The predicted molar refractivity (Wildman–Crippen MR) is 136 cm³/mol. The van der Waals surface area contributed by atoms with Gasteiger partial charge in [0.05, 0.1) is 17.6 Å². The van der Waals surface area contributed by atoms with E-state index in [2.05, 4.69) is 33.5 Å². The van der Waals surface area contributed by atoms with Crippen molar-refractivity contribution >= 4 is 39.1 Å². The number of aromatic nitrogens is 6. The summed E-state index contributed by atoms with van der Waals surface area (Å²) in [5.74, 6) is 0. The van der Waals surface area contributed by atoms with Crippen LogP contribution in [0.25, 0.3) is 33.2 Å². The third kappa shape index (κ3) is 3.45. The topological polar surface area (TPSA) is 82.6 Å². The Hall–Kier alpha value is -3.65. The number of nitrogens with one attached hydrogen (secondary N) is 1. The number of nitrogens with zero attached hydrogens (tertiary/aromatic N) is 6. The molecule has 9 heteroatoms. The average molecular weight is 476 g/mol. The molecule has 0 saturated carbocycles. The monoisotopic (exact) mass is 475 g/mol. The van der Waals surface area contributed by atoms with E-state index in [-0.39, 0.29) is 11.6 Å². The molecule has 8 nitrogen and oxygen atoms in total. The summed E-state index contributed by atoms with van der Waals surface area (Å²) >= 11 is 6.24. The van der Waals surface area contributed by atoms with E-state index in [0.29, 0.717) is 17.1 Å². The van der Waals surface area contributed by atoms with Gasteiger partial charge in [-0.2, -0.15) is 10.2 Å². The fourth-order valence-corrected chi connectivity index (χ4v) is 4.85. The molecule has 0 saturated heterocycles. The molecule has 4 heterocycles. The molecular weight excluding hydrogens is 450 g/mol. The van der Waals surface area contributed by atoms with Crippen LogP contribution >= 0.6 is 11.6 Å². The number of halogens is 1. The molecule has 0 aliphatic rings. The standard InChI is InChI=1S/C25H26ClN7O/c1-6-33-24-18(13-28-33)22-16(11-14(2)12-17(22)25(34)31(24)4)15(3)29-19-7-8-21(26)30-23(19)20-9-10-27-32(20)5/h7-13,15,29H,6H2,1-5H3. The summed E-state index contributed by atoms with van der Waals surface area (Å²) in [6.07, 6.45) is 3.59. The first kappa shape index (κ1) is 22.2. The highest BCUT2D eigenvalue weighted by Crippen LogP contribution is 2.35. The van der Waals surface area contributed by atoms with Crippen LogP contribution in [0.15, 0.2) is 47.5 Å². The Morgan fingerprint density at radius 3 is 2.62 bits per heavy atom. The quantitative estimate of drug-likeness (QED) is 0.368. The predicted octanol–water partition coefficient (Wildman–Crippen LogP) is 4.84. The van der Waals surface area contributed by atoms with Crippen molar-refractivity contribution in [1.29, 1.82) is 0 Å². The molecule has 0 radical (unpaired) electrons. The van der Waals surface area contributed by atoms with E-state index in [9.17, 15) is 4.79 Å². The number of aryl methyl sites for hydroxylation is 4. The van der Waals surface area contributed by atoms with Crippen LogP contribution in [0.5, 0.6) is 0 Å². The normalized spacial score (nSPS) is 12.5. The maximum atomic E-state index is 13.3. The van der Waals surface area contributed by atoms with Crippen LogP contribution in [-0.4, -0.2) is 29.1 Å². The Morgan fingerprint density at radius 2 is 1.91 bits per heavy atom. The molecule has 0 bridgehead atoms. The summed E-state index contributed by atoms with van der Waals surface area (Å²) in [7, 11) is 3.68. The van der Waals surface area contributed by atoms with Gasteiger partial charge in [0, 0.05) is 49.0 Å². The number of benzene rings is 1. The van der Waals surface area contributed by atoms with Gasteiger partial charge >= 0.3 is 0 Å². The molecule has 1 atom stereocenters. The van der Waals surface area contributed by atoms with Crippen molar-refractivity contribution < 1.29 is 0 Å². The van der Waals surface area contributed by atoms with E-state index in [1.165, 1.54) is 0 Å². The zero-order valence-electron chi connectivity index (χ0n) is 19.8. The molecule has 0 aliphatic heterocycles. The summed E-state index contributed by atoms with van der Waals surface area (Å²) in [6.45, 7) is 6.81. The van der Waals surface area contributed by atoms with Gasteiger partial charge in [0.15, 0.2) is 0 Å². The minimum Gasteiger partial charge on any atom is -0.377 e. The number of rotatable bonds is 5. The van der Waals surface area contributed by atoms with Gasteiger partial charge in [0.1, 0.15) is 16.5 Å². The summed E-state index contributed by atoms with van der Waals surface area (Å²) in [4.78, 5) is 17.9. The van der Waals surface area contributed by atoms with E-state index in [4.69, 9.17) is 11.6 Å². The Balaban J connectivity index is 1.71. The second kappa shape index (κ2) is 8.29. The fraction of sp³-hybridized carbons (Fsp3) is 0.280. The van der Waals surface area contributed by atoms with Crippen LogP contribution < -0.4 is 10.9 Å². The van der Waals surface area contributed by atoms with Gasteiger partial charge in [-0.25, -0.2) is 9.67 Å². The molecule has 5 aromatic rings. The van der Waals surface area contributed by atoms with Crippen molar-refractivity contribution in [1.82, 2.24) is 29.1 Å². The van der Waals surface area contributed by atoms with Crippen LogP contribution in [-0.2, 0) is 20.6 Å². The van der Waals surface area contributed by atoms with Gasteiger partial charge in [0.2, 0.25) is 0 Å². The lowest BCUT2D eigenvalue weighted by molar-refractivity contribution is 0.659. The molecule has 4 aromatic heterocycles. The van der Waals surface area contributed by atoms with Crippen molar-refractivity contribution in [3.8, 4) is 11.4 Å². The number of hydrogen-bond acceptors (Lipinski definition) is 5. The lowest BCUT2D eigenvalue weighted by Crippen LogP contribution is -2.20. The molecule has 1 N–H and O–H groups in total. The summed E-state index contributed by atoms with van der Waals surface area (Å²) in [6, 6.07) is 9.57. The first-order chi connectivity index (χ1) is 16.3. The van der Waals surface area contributed by atoms with Gasteiger partial charge in [-0.15, -0.1) is 0 Å². The second-order valence-corrected chi connectivity index (χ2v) is 8.96. The van der Waals surface area contributed by atoms with E-state index >= 15 is 0 Å². The lowest BCUT2D eigenvalue weighted by atomic mass is 9.95. The molecule has 0 fully saturated rings. The van der Waals surface area contributed by atoms with Gasteiger partial charge in [-0.3, -0.25) is 14.0 Å². The highest BCUT2D eigenvalue weighted by molar-refractivity contribution is 6.29. The van der Waals surface area contributed by atoms with Crippen molar-refractivity contribution in [3.05, 3.63) is 69.4 Å². The van der Waals surface area contributed by atoms with Crippen LogP contribution in [0.3, 0.4) is 0 Å². The summed E-state index contributed by atoms with van der Waals surface area (Å²) < 4.78 is 5.32. The Kier molecular flexibility index (Phi) is 5.40. The van der Waals surface area contributed by atoms with Crippen LogP contribution in [0.4, 0.5) is 5.69 Å². The zero-order valence-corrected chi connectivity index (χ0v) is 20.6. The molecule has 1 unspecified atom stereocenters. The Bertz CT molecular complexity index is 1610. The summed E-state index contributed by atoms with van der Waals surface area (Å²) in [5.41, 5.74) is 5.25.